The standard InChI is InChI=1S/C18H34N2O3/c1-18(2,3)23-17(22)20-10-4-5-15(13-20)12-19-11-14-6-8-16(21)9-7-14/h14-16,19,21H,4-13H2,1-3H3. The fraction of sp³-hybridized carbons (Fsp3) is 0.944. The molecule has 1 aliphatic carbocycles. The van der Waals surface area contributed by atoms with Gasteiger partial charge in [0, 0.05) is 13.1 Å². The minimum atomic E-state index is -0.423. The van der Waals surface area contributed by atoms with Crippen LogP contribution in [0.1, 0.15) is 59.3 Å². The predicted octanol–water partition coefficient (Wildman–Crippen LogP) is 2.77. The minimum absolute atomic E-state index is 0.0769. The highest BCUT2D eigenvalue weighted by molar-refractivity contribution is 5.68. The van der Waals surface area contributed by atoms with Crippen molar-refractivity contribution in [2.24, 2.45) is 11.8 Å². The summed E-state index contributed by atoms with van der Waals surface area (Å²) in [6.07, 6.45) is 6.13. The van der Waals surface area contributed by atoms with Gasteiger partial charge in [-0.3, -0.25) is 0 Å². The van der Waals surface area contributed by atoms with Crippen molar-refractivity contribution in [2.75, 3.05) is 26.2 Å². The van der Waals surface area contributed by atoms with Gasteiger partial charge in [-0.1, -0.05) is 0 Å². The van der Waals surface area contributed by atoms with Gasteiger partial charge in [-0.2, -0.15) is 0 Å². The van der Waals surface area contributed by atoms with Crippen LogP contribution < -0.4 is 5.32 Å². The van der Waals surface area contributed by atoms with Crippen molar-refractivity contribution in [3.63, 3.8) is 0 Å². The van der Waals surface area contributed by atoms with Gasteiger partial charge in [0.05, 0.1) is 6.10 Å². The lowest BCUT2D eigenvalue weighted by Gasteiger charge is -2.34. The molecule has 5 nitrogen and oxygen atoms in total. The van der Waals surface area contributed by atoms with Gasteiger partial charge in [0.2, 0.25) is 0 Å². The van der Waals surface area contributed by atoms with Gasteiger partial charge in [0.15, 0.2) is 0 Å². The molecule has 1 unspecified atom stereocenters. The Morgan fingerprint density at radius 1 is 1.13 bits per heavy atom. The number of nitrogens with one attached hydrogen (secondary N) is 1. The van der Waals surface area contributed by atoms with E-state index in [0.29, 0.717) is 11.8 Å². The largest absolute Gasteiger partial charge is 0.444 e. The average molecular weight is 326 g/mol. The van der Waals surface area contributed by atoms with Crippen LogP contribution in [0.5, 0.6) is 0 Å². The highest BCUT2D eigenvalue weighted by atomic mass is 16.6. The van der Waals surface area contributed by atoms with E-state index < -0.39 is 5.60 Å². The summed E-state index contributed by atoms with van der Waals surface area (Å²) in [6, 6.07) is 0. The molecule has 1 amide bonds. The molecule has 0 aromatic rings. The third-order valence-electron chi connectivity index (χ3n) is 4.85. The third-order valence-corrected chi connectivity index (χ3v) is 4.85. The Hall–Kier alpha value is -0.810. The van der Waals surface area contributed by atoms with Gasteiger partial charge in [0.25, 0.3) is 0 Å². The lowest BCUT2D eigenvalue weighted by Crippen LogP contribution is -2.45. The van der Waals surface area contributed by atoms with Crippen LogP contribution in [0.2, 0.25) is 0 Å². The Morgan fingerprint density at radius 2 is 1.78 bits per heavy atom. The van der Waals surface area contributed by atoms with Crippen LogP contribution in [0.3, 0.4) is 0 Å². The molecule has 0 bridgehead atoms. The maximum Gasteiger partial charge on any atom is 0.410 e. The van der Waals surface area contributed by atoms with Crippen LogP contribution in [-0.2, 0) is 4.74 Å². The summed E-state index contributed by atoms with van der Waals surface area (Å²) in [4.78, 5) is 14.0. The molecule has 0 radical (unpaired) electrons. The third kappa shape index (κ3) is 6.68. The molecule has 1 saturated carbocycles. The minimum Gasteiger partial charge on any atom is -0.444 e. The molecule has 2 aliphatic rings. The summed E-state index contributed by atoms with van der Waals surface area (Å²) in [5, 5.41) is 13.1. The molecule has 0 spiro atoms. The Bertz CT molecular complexity index is 373. The van der Waals surface area contributed by atoms with Crippen LogP contribution in [0.25, 0.3) is 0 Å². The number of piperidine rings is 1. The first-order valence-electron chi connectivity index (χ1n) is 9.20. The van der Waals surface area contributed by atoms with E-state index in [1.807, 2.05) is 25.7 Å². The fourth-order valence-electron chi connectivity index (χ4n) is 3.56. The molecule has 0 aromatic heterocycles. The van der Waals surface area contributed by atoms with Crippen molar-refractivity contribution in [3.05, 3.63) is 0 Å². The lowest BCUT2D eigenvalue weighted by molar-refractivity contribution is 0.0166. The number of ether oxygens (including phenoxy) is 1. The monoisotopic (exact) mass is 326 g/mol. The number of aliphatic hydroxyl groups excluding tert-OH is 1. The molecular formula is C18H34N2O3. The number of carbonyl (C=O) groups excluding carboxylic acids is 1. The van der Waals surface area contributed by atoms with E-state index in [4.69, 9.17) is 4.74 Å². The molecule has 2 N–H and O–H groups in total. The number of hydrogen-bond donors (Lipinski definition) is 2. The maximum absolute atomic E-state index is 12.2. The van der Waals surface area contributed by atoms with Crippen molar-refractivity contribution in [2.45, 2.75) is 71.0 Å². The van der Waals surface area contributed by atoms with E-state index >= 15 is 0 Å². The molecule has 2 rings (SSSR count). The molecule has 0 aromatic carbocycles. The number of carbonyl (C=O) groups is 1. The first-order chi connectivity index (χ1) is 10.8. The topological polar surface area (TPSA) is 61.8 Å². The van der Waals surface area contributed by atoms with Crippen LogP contribution in [-0.4, -0.2) is 54.0 Å². The van der Waals surface area contributed by atoms with Gasteiger partial charge in [-0.25, -0.2) is 4.79 Å². The van der Waals surface area contributed by atoms with Gasteiger partial charge >= 0.3 is 6.09 Å². The smallest absolute Gasteiger partial charge is 0.410 e. The predicted molar refractivity (Wildman–Crippen MR) is 91.4 cm³/mol. The summed E-state index contributed by atoms with van der Waals surface area (Å²) in [5.74, 6) is 1.22. The first-order valence-corrected chi connectivity index (χ1v) is 9.20. The molecule has 134 valence electrons. The molecule has 5 heteroatoms. The van der Waals surface area contributed by atoms with E-state index in [9.17, 15) is 9.90 Å². The van der Waals surface area contributed by atoms with Gasteiger partial charge in [-0.15, -0.1) is 0 Å². The van der Waals surface area contributed by atoms with E-state index in [0.717, 1.165) is 58.3 Å². The Kier molecular flexibility index (Phi) is 6.72. The van der Waals surface area contributed by atoms with Crippen LogP contribution >= 0.6 is 0 Å². The molecule has 1 saturated heterocycles. The fourth-order valence-corrected chi connectivity index (χ4v) is 3.56. The molecule has 1 atom stereocenters. The highest BCUT2D eigenvalue weighted by Crippen LogP contribution is 2.24. The Morgan fingerprint density at radius 3 is 2.43 bits per heavy atom. The SMILES string of the molecule is CC(C)(C)OC(=O)N1CCCC(CNCC2CCC(O)CC2)C1. The average Bonchev–Trinajstić information content (AvgIpc) is 2.48. The van der Waals surface area contributed by atoms with Crippen molar-refractivity contribution in [1.29, 1.82) is 0 Å². The van der Waals surface area contributed by atoms with Gasteiger partial charge in [-0.05, 0) is 84.2 Å². The van der Waals surface area contributed by atoms with E-state index in [1.165, 1.54) is 6.42 Å². The summed E-state index contributed by atoms with van der Waals surface area (Å²) in [7, 11) is 0. The normalized spacial score (nSPS) is 29.4. The van der Waals surface area contributed by atoms with Crippen molar-refractivity contribution >= 4 is 6.09 Å². The summed E-state index contributed by atoms with van der Waals surface area (Å²) < 4.78 is 5.48. The van der Waals surface area contributed by atoms with Gasteiger partial charge < -0.3 is 20.1 Å². The zero-order chi connectivity index (χ0) is 16.9. The van der Waals surface area contributed by atoms with Crippen LogP contribution in [0.15, 0.2) is 0 Å². The van der Waals surface area contributed by atoms with Crippen molar-refractivity contribution in [3.8, 4) is 0 Å². The number of likely N-dealkylation sites (tertiary alicyclic amines) is 1. The number of amides is 1. The molecule has 23 heavy (non-hydrogen) atoms. The second kappa shape index (κ2) is 8.34. The summed E-state index contributed by atoms with van der Waals surface area (Å²) in [5.41, 5.74) is -0.423. The second-order valence-electron chi connectivity index (χ2n) is 8.27. The molecular weight excluding hydrogens is 292 g/mol. The summed E-state index contributed by atoms with van der Waals surface area (Å²) in [6.45, 7) is 9.35. The maximum atomic E-state index is 12.2. The van der Waals surface area contributed by atoms with E-state index in [2.05, 4.69) is 5.32 Å². The zero-order valence-electron chi connectivity index (χ0n) is 15.0. The zero-order valence-corrected chi connectivity index (χ0v) is 15.0. The number of rotatable bonds is 4. The molecule has 2 fully saturated rings. The number of aliphatic hydroxyl groups is 1. The van der Waals surface area contributed by atoms with Crippen molar-refractivity contribution in [1.82, 2.24) is 10.2 Å². The van der Waals surface area contributed by atoms with Crippen LogP contribution in [0, 0.1) is 11.8 Å². The molecule has 1 aliphatic heterocycles. The lowest BCUT2D eigenvalue weighted by atomic mass is 9.87. The number of nitrogens with zero attached hydrogens (tertiary/aromatic N) is 1. The summed E-state index contributed by atoms with van der Waals surface area (Å²) >= 11 is 0. The number of hydrogen-bond acceptors (Lipinski definition) is 4. The van der Waals surface area contributed by atoms with Gasteiger partial charge in [0.1, 0.15) is 5.60 Å². The second-order valence-corrected chi connectivity index (χ2v) is 8.27. The Labute approximate surface area is 140 Å². The van der Waals surface area contributed by atoms with Crippen molar-refractivity contribution < 1.29 is 14.6 Å². The van der Waals surface area contributed by atoms with E-state index in [-0.39, 0.29) is 12.2 Å². The quantitative estimate of drug-likeness (QED) is 0.834. The highest BCUT2D eigenvalue weighted by Gasteiger charge is 2.27. The van der Waals surface area contributed by atoms with Crippen LogP contribution in [0.4, 0.5) is 4.79 Å². The van der Waals surface area contributed by atoms with E-state index in [1.54, 1.807) is 0 Å². The first kappa shape index (κ1) is 18.5. The Balaban J connectivity index is 1.66. The molecule has 1 heterocycles.